The first-order valence-corrected chi connectivity index (χ1v) is 9.08. The highest BCUT2D eigenvalue weighted by Crippen LogP contribution is 2.36. The number of rotatable bonds is 5. The molecule has 0 saturated carbocycles. The molecule has 2 rings (SSSR count). The minimum absolute atomic E-state index is 0.0621. The van der Waals surface area contributed by atoms with Gasteiger partial charge in [-0.15, -0.1) is 0 Å². The summed E-state index contributed by atoms with van der Waals surface area (Å²) in [6.07, 6.45) is -2.76. The maximum atomic E-state index is 13.3. The van der Waals surface area contributed by atoms with E-state index >= 15 is 0 Å². The van der Waals surface area contributed by atoms with E-state index in [4.69, 9.17) is 5.73 Å². The lowest BCUT2D eigenvalue weighted by Crippen LogP contribution is -2.47. The van der Waals surface area contributed by atoms with Crippen molar-refractivity contribution in [1.82, 2.24) is 4.90 Å². The second-order valence-corrected chi connectivity index (χ2v) is 7.18. The van der Waals surface area contributed by atoms with E-state index in [-0.39, 0.29) is 11.6 Å². The molecule has 1 aromatic carbocycles. The Bertz CT molecular complexity index is 650. The van der Waals surface area contributed by atoms with E-state index in [9.17, 15) is 18.0 Å². The van der Waals surface area contributed by atoms with Crippen LogP contribution in [0.2, 0.25) is 0 Å². The van der Waals surface area contributed by atoms with Gasteiger partial charge in [-0.2, -0.15) is 13.2 Å². The summed E-state index contributed by atoms with van der Waals surface area (Å²) in [5, 5.41) is 0. The van der Waals surface area contributed by atoms with E-state index in [1.165, 1.54) is 0 Å². The van der Waals surface area contributed by atoms with Crippen LogP contribution in [0.3, 0.4) is 0 Å². The van der Waals surface area contributed by atoms with Gasteiger partial charge in [-0.3, -0.25) is 4.79 Å². The second kappa shape index (κ2) is 7.86. The lowest BCUT2D eigenvalue weighted by molar-refractivity contribution is -0.137. The number of primary amides is 1. The highest BCUT2D eigenvalue weighted by atomic mass is 19.4. The molecule has 1 aliphatic heterocycles. The van der Waals surface area contributed by atoms with E-state index in [1.807, 2.05) is 11.8 Å². The molecule has 1 aromatic rings. The van der Waals surface area contributed by atoms with Crippen LogP contribution in [-0.2, 0) is 6.18 Å². The minimum Gasteiger partial charge on any atom is -0.368 e. The highest BCUT2D eigenvalue weighted by Gasteiger charge is 2.34. The topological polar surface area (TPSA) is 49.6 Å². The summed E-state index contributed by atoms with van der Waals surface area (Å²) >= 11 is 0. The zero-order valence-corrected chi connectivity index (χ0v) is 15.9. The molecular weight excluding hydrogens is 343 g/mol. The lowest BCUT2D eigenvalue weighted by Gasteiger charge is -2.41. The Kier molecular flexibility index (Phi) is 6.21. The van der Waals surface area contributed by atoms with Crippen molar-refractivity contribution in [2.75, 3.05) is 24.5 Å². The van der Waals surface area contributed by atoms with Gasteiger partial charge in [0.2, 0.25) is 5.91 Å². The maximum absolute atomic E-state index is 13.3. The Balaban J connectivity index is 2.41. The van der Waals surface area contributed by atoms with Gasteiger partial charge in [0.25, 0.3) is 0 Å². The fourth-order valence-electron chi connectivity index (χ4n) is 3.76. The van der Waals surface area contributed by atoms with Crippen molar-refractivity contribution in [2.24, 2.45) is 5.73 Å². The largest absolute Gasteiger partial charge is 0.416 e. The smallest absolute Gasteiger partial charge is 0.368 e. The van der Waals surface area contributed by atoms with E-state index in [0.29, 0.717) is 23.8 Å². The third kappa shape index (κ3) is 4.31. The molecule has 0 unspecified atom stereocenters. The van der Waals surface area contributed by atoms with Crippen LogP contribution in [0.1, 0.15) is 55.1 Å². The molecular formula is C19H28F3N3O. The zero-order chi connectivity index (χ0) is 19.6. The molecule has 1 aliphatic rings. The van der Waals surface area contributed by atoms with Crippen LogP contribution >= 0.6 is 0 Å². The van der Waals surface area contributed by atoms with Crippen molar-refractivity contribution in [3.05, 3.63) is 28.8 Å². The molecule has 4 nitrogen and oxygen atoms in total. The van der Waals surface area contributed by atoms with E-state index in [2.05, 4.69) is 18.7 Å². The first-order chi connectivity index (χ1) is 12.1. The number of halogens is 3. The second-order valence-electron chi connectivity index (χ2n) is 7.18. The highest BCUT2D eigenvalue weighted by molar-refractivity contribution is 5.96. The molecule has 146 valence electrons. The Morgan fingerprint density at radius 2 is 1.88 bits per heavy atom. The van der Waals surface area contributed by atoms with Crippen molar-refractivity contribution >= 4 is 11.6 Å². The summed E-state index contributed by atoms with van der Waals surface area (Å²) in [5.74, 6) is -0.833. The first-order valence-electron chi connectivity index (χ1n) is 9.08. The van der Waals surface area contributed by atoms with Crippen molar-refractivity contribution < 1.29 is 18.0 Å². The van der Waals surface area contributed by atoms with Gasteiger partial charge in [-0.05, 0) is 58.2 Å². The van der Waals surface area contributed by atoms with E-state index in [0.717, 1.165) is 38.1 Å². The molecule has 7 heteroatoms. The molecule has 0 atom stereocenters. The quantitative estimate of drug-likeness (QED) is 0.856. The van der Waals surface area contributed by atoms with Crippen LogP contribution in [0.15, 0.2) is 12.1 Å². The molecule has 1 saturated heterocycles. The molecule has 0 bridgehead atoms. The normalized spacial score (nSPS) is 16.9. The Morgan fingerprint density at radius 3 is 2.31 bits per heavy atom. The Hall–Kier alpha value is -1.76. The summed E-state index contributed by atoms with van der Waals surface area (Å²) in [7, 11) is 0. The number of nitrogens with two attached hydrogens (primary N) is 1. The third-order valence-corrected chi connectivity index (χ3v) is 5.29. The number of carbonyl (C=O) groups is 1. The molecule has 1 fully saturated rings. The average Bonchev–Trinajstić information content (AvgIpc) is 2.56. The van der Waals surface area contributed by atoms with Crippen LogP contribution in [0.25, 0.3) is 0 Å². The monoisotopic (exact) mass is 371 g/mol. The standard InChI is InChI=1S/C19H28F3N3O/c1-5-25(15-6-8-24(9-7-15)12(2)3)17-11-14(19(20,21)22)10-16(13(17)4)18(23)26/h10-12,15H,5-9H2,1-4H3,(H2,23,26). The van der Waals surface area contributed by atoms with Crippen LogP contribution in [0.5, 0.6) is 0 Å². The van der Waals surface area contributed by atoms with Gasteiger partial charge in [-0.1, -0.05) is 0 Å². The molecule has 0 spiro atoms. The van der Waals surface area contributed by atoms with Gasteiger partial charge >= 0.3 is 6.18 Å². The molecule has 0 aromatic heterocycles. The number of amides is 1. The number of nitrogens with zero attached hydrogens (tertiary/aromatic N) is 2. The van der Waals surface area contributed by atoms with Crippen LogP contribution in [-0.4, -0.2) is 42.5 Å². The van der Waals surface area contributed by atoms with Crippen molar-refractivity contribution in [2.45, 2.75) is 58.8 Å². The van der Waals surface area contributed by atoms with Gasteiger partial charge in [0.15, 0.2) is 0 Å². The summed E-state index contributed by atoms with van der Waals surface area (Å²) in [5.41, 5.74) is 5.41. The third-order valence-electron chi connectivity index (χ3n) is 5.29. The number of alkyl halides is 3. The van der Waals surface area contributed by atoms with Gasteiger partial charge in [0, 0.05) is 43.0 Å². The van der Waals surface area contributed by atoms with Crippen LogP contribution in [0.4, 0.5) is 18.9 Å². The number of likely N-dealkylation sites (tertiary alicyclic amines) is 1. The average molecular weight is 371 g/mol. The number of benzene rings is 1. The van der Waals surface area contributed by atoms with Crippen LogP contribution in [0, 0.1) is 6.92 Å². The van der Waals surface area contributed by atoms with E-state index < -0.39 is 17.6 Å². The van der Waals surface area contributed by atoms with Crippen molar-refractivity contribution in [3.8, 4) is 0 Å². The number of carbonyl (C=O) groups excluding carboxylic acids is 1. The molecule has 0 aliphatic carbocycles. The summed E-state index contributed by atoms with van der Waals surface area (Å²) < 4.78 is 39.9. The molecule has 1 amide bonds. The lowest BCUT2D eigenvalue weighted by atomic mass is 9.96. The summed E-state index contributed by atoms with van der Waals surface area (Å²) in [4.78, 5) is 16.1. The number of hydrogen-bond acceptors (Lipinski definition) is 3. The summed E-state index contributed by atoms with van der Waals surface area (Å²) in [6, 6.07) is 2.62. The number of hydrogen-bond donors (Lipinski definition) is 1. The van der Waals surface area contributed by atoms with Gasteiger partial charge in [0.05, 0.1) is 5.56 Å². The maximum Gasteiger partial charge on any atom is 0.416 e. The SMILES string of the molecule is CCN(c1cc(C(F)(F)F)cc(C(N)=O)c1C)C1CCN(C(C)C)CC1. The molecule has 0 radical (unpaired) electrons. The van der Waals surface area contributed by atoms with Gasteiger partial charge < -0.3 is 15.5 Å². The van der Waals surface area contributed by atoms with Gasteiger partial charge in [0.1, 0.15) is 0 Å². The van der Waals surface area contributed by atoms with Crippen molar-refractivity contribution in [3.63, 3.8) is 0 Å². The van der Waals surface area contributed by atoms with Crippen LogP contribution < -0.4 is 10.6 Å². The number of anilines is 1. The molecule has 1 heterocycles. The zero-order valence-electron chi connectivity index (χ0n) is 15.9. The van der Waals surface area contributed by atoms with E-state index in [1.54, 1.807) is 6.92 Å². The molecule has 2 N–H and O–H groups in total. The predicted molar refractivity (Wildman–Crippen MR) is 97.4 cm³/mol. The molecule has 26 heavy (non-hydrogen) atoms. The fourth-order valence-corrected chi connectivity index (χ4v) is 3.76. The summed E-state index contributed by atoms with van der Waals surface area (Å²) in [6.45, 7) is 10.3. The van der Waals surface area contributed by atoms with Crippen molar-refractivity contribution in [1.29, 1.82) is 0 Å². The van der Waals surface area contributed by atoms with Gasteiger partial charge in [-0.25, -0.2) is 0 Å². The predicted octanol–water partition coefficient (Wildman–Crippen LogP) is 3.81. The Morgan fingerprint density at radius 1 is 1.31 bits per heavy atom. The number of piperidine rings is 1. The first kappa shape index (κ1) is 20.6. The fraction of sp³-hybridized carbons (Fsp3) is 0.632. The Labute approximate surface area is 153 Å². The minimum atomic E-state index is -4.52.